The highest BCUT2D eigenvalue weighted by atomic mass is 19.2. The second-order valence-electron chi connectivity index (χ2n) is 4.98. The molecule has 0 N–H and O–H groups in total. The molecule has 0 spiro atoms. The van der Waals surface area contributed by atoms with Gasteiger partial charge in [-0.25, -0.2) is 4.39 Å². The van der Waals surface area contributed by atoms with Gasteiger partial charge in [-0.15, -0.1) is 0 Å². The van der Waals surface area contributed by atoms with Crippen LogP contribution in [-0.2, 0) is 0 Å². The minimum atomic E-state index is -0.727. The first-order valence-corrected chi connectivity index (χ1v) is 6.20. The predicted octanol–water partition coefficient (Wildman–Crippen LogP) is 4.30. The zero-order valence-electron chi connectivity index (χ0n) is 9.76. The summed E-state index contributed by atoms with van der Waals surface area (Å²) < 4.78 is 27.9. The lowest BCUT2D eigenvalue weighted by molar-refractivity contribution is 0.295. The molecule has 1 aliphatic rings. The highest BCUT2D eigenvalue weighted by Gasteiger charge is 2.19. The molecule has 1 aromatic heterocycles. The lowest BCUT2D eigenvalue weighted by Crippen LogP contribution is -2.14. The fourth-order valence-corrected chi connectivity index (χ4v) is 2.60. The van der Waals surface area contributed by atoms with E-state index in [4.69, 9.17) is 0 Å². The van der Waals surface area contributed by atoms with Crippen LogP contribution < -0.4 is 0 Å². The van der Waals surface area contributed by atoms with Crippen molar-refractivity contribution in [3.8, 4) is 0 Å². The fraction of sp³-hybridized carbons (Fsp3) is 0.692. The largest absolute Gasteiger partial charge is 0.319 e. The van der Waals surface area contributed by atoms with E-state index < -0.39 is 11.8 Å². The Morgan fingerprint density at radius 2 is 1.88 bits per heavy atom. The highest BCUT2D eigenvalue weighted by Crippen LogP contribution is 2.30. The molecule has 0 bridgehead atoms. The minimum Gasteiger partial charge on any atom is -0.319 e. The second kappa shape index (κ2) is 4.98. The van der Waals surface area contributed by atoms with Crippen LogP contribution in [0.1, 0.15) is 51.5 Å². The van der Waals surface area contributed by atoms with Gasteiger partial charge in [0, 0.05) is 12.2 Å². The number of hydrogen-bond donors (Lipinski definition) is 0. The smallest absolute Gasteiger partial charge is 0.230 e. The molecular formula is C13H19F2N. The van der Waals surface area contributed by atoms with E-state index in [1.165, 1.54) is 23.5 Å². The molecule has 1 nitrogen and oxygen atoms in total. The van der Waals surface area contributed by atoms with Gasteiger partial charge in [-0.1, -0.05) is 26.2 Å². The van der Waals surface area contributed by atoms with Gasteiger partial charge in [0.15, 0.2) is 5.82 Å². The van der Waals surface area contributed by atoms with Crippen molar-refractivity contribution in [2.24, 2.45) is 5.92 Å². The van der Waals surface area contributed by atoms with Crippen LogP contribution in [0.15, 0.2) is 12.3 Å². The van der Waals surface area contributed by atoms with Gasteiger partial charge in [-0.2, -0.15) is 4.39 Å². The summed E-state index contributed by atoms with van der Waals surface area (Å²) in [7, 11) is 0. The molecule has 2 unspecified atom stereocenters. The predicted molar refractivity (Wildman–Crippen MR) is 60.3 cm³/mol. The number of halogens is 2. The summed E-state index contributed by atoms with van der Waals surface area (Å²) in [4.78, 5) is 0. The Labute approximate surface area is 95.5 Å². The Morgan fingerprint density at radius 1 is 1.12 bits per heavy atom. The van der Waals surface area contributed by atoms with Crippen LogP contribution in [0, 0.1) is 17.7 Å². The van der Waals surface area contributed by atoms with Crippen LogP contribution in [0.2, 0.25) is 0 Å². The first-order valence-electron chi connectivity index (χ1n) is 6.20. The highest BCUT2D eigenvalue weighted by molar-refractivity contribution is 5.00. The monoisotopic (exact) mass is 227 g/mol. The van der Waals surface area contributed by atoms with Gasteiger partial charge in [-0.05, 0) is 31.2 Å². The quantitative estimate of drug-likeness (QED) is 0.674. The van der Waals surface area contributed by atoms with Crippen LogP contribution >= 0.6 is 0 Å². The Hall–Kier alpha value is -0.860. The van der Waals surface area contributed by atoms with Gasteiger partial charge in [0.25, 0.3) is 0 Å². The van der Waals surface area contributed by atoms with Crippen LogP contribution in [0.3, 0.4) is 0 Å². The van der Waals surface area contributed by atoms with E-state index in [0.717, 1.165) is 25.7 Å². The maximum Gasteiger partial charge on any atom is 0.230 e. The van der Waals surface area contributed by atoms with Crippen molar-refractivity contribution in [3.05, 3.63) is 24.0 Å². The number of nitrogens with zero attached hydrogens (tertiary/aromatic N) is 1. The normalized spacial score (nSPS) is 27.4. The number of aromatic nitrogens is 1. The van der Waals surface area contributed by atoms with E-state index in [0.29, 0.717) is 5.92 Å². The molecule has 2 atom stereocenters. The molecule has 16 heavy (non-hydrogen) atoms. The molecule has 0 saturated heterocycles. The van der Waals surface area contributed by atoms with Crippen LogP contribution in [0.25, 0.3) is 0 Å². The lowest BCUT2D eigenvalue weighted by Gasteiger charge is -2.24. The maximum atomic E-state index is 13.5. The fourth-order valence-electron chi connectivity index (χ4n) is 2.60. The van der Waals surface area contributed by atoms with Crippen molar-refractivity contribution in [1.29, 1.82) is 0 Å². The molecule has 0 amide bonds. The summed E-state index contributed by atoms with van der Waals surface area (Å²) in [5.74, 6) is -0.709. The zero-order chi connectivity index (χ0) is 11.5. The molecule has 0 aliphatic heterocycles. The number of hydrogen-bond acceptors (Lipinski definition) is 0. The van der Waals surface area contributed by atoms with Crippen molar-refractivity contribution in [3.63, 3.8) is 0 Å². The summed E-state index contributed by atoms with van der Waals surface area (Å²) in [6, 6.07) is 1.37. The summed E-state index contributed by atoms with van der Waals surface area (Å²) in [6.45, 7) is 2.25. The first-order chi connectivity index (χ1) is 7.68. The van der Waals surface area contributed by atoms with Crippen LogP contribution in [0.5, 0.6) is 0 Å². The Balaban J connectivity index is 2.10. The SMILES string of the molecule is CC1CCCCC(n2ccc(F)c2F)CC1. The molecule has 3 heteroatoms. The van der Waals surface area contributed by atoms with Crippen LogP contribution in [-0.4, -0.2) is 4.57 Å². The molecule has 1 aliphatic carbocycles. The molecule has 1 aromatic rings. The van der Waals surface area contributed by atoms with Crippen molar-refractivity contribution >= 4 is 0 Å². The van der Waals surface area contributed by atoms with E-state index in [-0.39, 0.29) is 6.04 Å². The van der Waals surface area contributed by atoms with Crippen molar-refractivity contribution in [2.45, 2.75) is 51.5 Å². The third kappa shape index (κ3) is 2.45. The standard InChI is InChI=1S/C13H19F2N/c1-10-4-2-3-5-11(7-6-10)16-9-8-12(14)13(16)15/h8-11H,2-7H2,1H3. The topological polar surface area (TPSA) is 4.93 Å². The molecule has 2 rings (SSSR count). The molecular weight excluding hydrogens is 208 g/mol. The van der Waals surface area contributed by atoms with Gasteiger partial charge in [-0.3, -0.25) is 0 Å². The van der Waals surface area contributed by atoms with E-state index in [1.807, 2.05) is 0 Å². The van der Waals surface area contributed by atoms with Gasteiger partial charge in [0.1, 0.15) is 0 Å². The molecule has 0 radical (unpaired) electrons. The average Bonchev–Trinajstić information content (AvgIpc) is 2.56. The first kappa shape index (κ1) is 11.6. The van der Waals surface area contributed by atoms with Gasteiger partial charge in [0.05, 0.1) is 0 Å². The third-order valence-corrected chi connectivity index (χ3v) is 3.68. The van der Waals surface area contributed by atoms with Crippen molar-refractivity contribution < 1.29 is 8.78 Å². The molecule has 1 saturated carbocycles. The lowest BCUT2D eigenvalue weighted by atomic mass is 9.90. The Bertz CT molecular complexity index is 346. The second-order valence-corrected chi connectivity index (χ2v) is 4.98. The van der Waals surface area contributed by atoms with Crippen molar-refractivity contribution in [2.75, 3.05) is 0 Å². The minimum absolute atomic E-state index is 0.146. The maximum absolute atomic E-state index is 13.5. The summed E-state index contributed by atoms with van der Waals surface area (Å²) in [6.07, 6.45) is 8.20. The van der Waals surface area contributed by atoms with Gasteiger partial charge >= 0.3 is 0 Å². The summed E-state index contributed by atoms with van der Waals surface area (Å²) in [5.41, 5.74) is 0. The molecule has 1 fully saturated rings. The van der Waals surface area contributed by atoms with Crippen LogP contribution in [0.4, 0.5) is 8.78 Å². The Kier molecular flexibility index (Phi) is 3.62. The summed E-state index contributed by atoms with van der Waals surface area (Å²) in [5, 5.41) is 0. The van der Waals surface area contributed by atoms with E-state index in [1.54, 1.807) is 6.20 Å². The van der Waals surface area contributed by atoms with E-state index >= 15 is 0 Å². The van der Waals surface area contributed by atoms with E-state index in [2.05, 4.69) is 6.92 Å². The van der Waals surface area contributed by atoms with E-state index in [9.17, 15) is 8.78 Å². The average molecular weight is 227 g/mol. The Morgan fingerprint density at radius 3 is 2.56 bits per heavy atom. The van der Waals surface area contributed by atoms with Gasteiger partial charge in [0.2, 0.25) is 5.95 Å². The van der Waals surface area contributed by atoms with Crippen molar-refractivity contribution in [1.82, 2.24) is 4.57 Å². The van der Waals surface area contributed by atoms with Gasteiger partial charge < -0.3 is 4.57 Å². The molecule has 90 valence electrons. The zero-order valence-corrected chi connectivity index (χ0v) is 9.76. The molecule has 0 aromatic carbocycles. The summed E-state index contributed by atoms with van der Waals surface area (Å²) >= 11 is 0. The third-order valence-electron chi connectivity index (χ3n) is 3.68. The molecule has 1 heterocycles. The number of rotatable bonds is 1.